The van der Waals surface area contributed by atoms with Gasteiger partial charge in [-0.1, -0.05) is 32.9 Å². The lowest BCUT2D eigenvalue weighted by Crippen LogP contribution is -2.49. The van der Waals surface area contributed by atoms with Gasteiger partial charge in [-0.05, 0) is 23.6 Å². The Hall–Kier alpha value is -2.84. The Balaban J connectivity index is 2.11. The van der Waals surface area contributed by atoms with E-state index in [9.17, 15) is 27.2 Å². The van der Waals surface area contributed by atoms with Gasteiger partial charge in [0.05, 0.1) is 11.6 Å². The summed E-state index contributed by atoms with van der Waals surface area (Å²) in [6.45, 7) is 4.81. The average molecular weight is 414 g/mol. The van der Waals surface area contributed by atoms with Crippen molar-refractivity contribution in [2.45, 2.75) is 39.5 Å². The second-order valence-electron chi connectivity index (χ2n) is 7.61. The summed E-state index contributed by atoms with van der Waals surface area (Å²) in [6, 6.07) is 6.63. The lowest BCUT2D eigenvalue weighted by atomic mass is 9.87. The van der Waals surface area contributed by atoms with Crippen LogP contribution in [0.2, 0.25) is 0 Å². The van der Waals surface area contributed by atoms with Gasteiger partial charge >= 0.3 is 6.18 Å². The Morgan fingerprint density at radius 1 is 1.14 bits per heavy atom. The van der Waals surface area contributed by atoms with E-state index in [1.165, 1.54) is 18.2 Å². The van der Waals surface area contributed by atoms with Crippen LogP contribution < -0.4 is 15.6 Å². The molecule has 1 heterocycles. The van der Waals surface area contributed by atoms with E-state index in [1.807, 2.05) is 20.8 Å². The first kappa shape index (κ1) is 22.4. The van der Waals surface area contributed by atoms with Crippen molar-refractivity contribution in [2.75, 3.05) is 6.61 Å². The van der Waals surface area contributed by atoms with E-state index in [1.54, 1.807) is 6.07 Å². The molecule has 0 saturated heterocycles. The molecule has 0 fully saturated rings. The van der Waals surface area contributed by atoms with Gasteiger partial charge in [-0.25, -0.2) is 4.39 Å². The molecule has 5 nitrogen and oxygen atoms in total. The zero-order valence-corrected chi connectivity index (χ0v) is 16.2. The zero-order valence-electron chi connectivity index (χ0n) is 16.2. The molecule has 0 bridgehead atoms. The monoisotopic (exact) mass is 414 g/mol. The molecule has 158 valence electrons. The molecule has 2 aromatic rings. The van der Waals surface area contributed by atoms with Gasteiger partial charge in [0.2, 0.25) is 5.91 Å². The number of ether oxygens (including phenoxy) is 1. The second-order valence-corrected chi connectivity index (χ2v) is 7.61. The van der Waals surface area contributed by atoms with Crippen LogP contribution in [0.3, 0.4) is 0 Å². The summed E-state index contributed by atoms with van der Waals surface area (Å²) in [6.07, 6.45) is -4.03. The van der Waals surface area contributed by atoms with Gasteiger partial charge < -0.3 is 14.6 Å². The summed E-state index contributed by atoms with van der Waals surface area (Å²) in [5, 5.41) is 2.65. The molecule has 1 aromatic heterocycles. The van der Waals surface area contributed by atoms with Gasteiger partial charge in [0.1, 0.15) is 13.2 Å². The van der Waals surface area contributed by atoms with Crippen LogP contribution in [0.1, 0.15) is 26.3 Å². The number of nitrogens with one attached hydrogen (secondary N) is 1. The first-order valence-corrected chi connectivity index (χ1v) is 8.82. The fraction of sp³-hybridized carbons (Fsp3) is 0.400. The third-order valence-electron chi connectivity index (χ3n) is 4.25. The molecule has 0 saturated carbocycles. The maximum atomic E-state index is 13.7. The summed E-state index contributed by atoms with van der Waals surface area (Å²) in [4.78, 5) is 24.2. The van der Waals surface area contributed by atoms with Crippen molar-refractivity contribution in [1.29, 1.82) is 0 Å². The summed E-state index contributed by atoms with van der Waals surface area (Å²) in [7, 11) is 0. The predicted molar refractivity (Wildman–Crippen MR) is 99.0 cm³/mol. The Morgan fingerprint density at radius 2 is 1.79 bits per heavy atom. The minimum Gasteiger partial charge on any atom is -0.488 e. The van der Waals surface area contributed by atoms with Gasteiger partial charge in [-0.2, -0.15) is 13.2 Å². The van der Waals surface area contributed by atoms with Crippen molar-refractivity contribution in [3.8, 4) is 5.75 Å². The lowest BCUT2D eigenvalue weighted by molar-refractivity contribution is -0.138. The number of carbonyl (C=O) groups excluding carboxylic acids is 1. The minimum absolute atomic E-state index is 0.0186. The van der Waals surface area contributed by atoms with Crippen molar-refractivity contribution in [3.63, 3.8) is 0 Å². The van der Waals surface area contributed by atoms with Crippen LogP contribution in [0, 0.1) is 11.2 Å². The number of aromatic nitrogens is 1. The van der Waals surface area contributed by atoms with Gasteiger partial charge in [-0.15, -0.1) is 0 Å². The van der Waals surface area contributed by atoms with E-state index in [2.05, 4.69) is 5.32 Å². The number of benzene rings is 1. The summed E-state index contributed by atoms with van der Waals surface area (Å²) in [5.41, 5.74) is -2.26. The van der Waals surface area contributed by atoms with Crippen LogP contribution in [-0.4, -0.2) is 23.1 Å². The van der Waals surface area contributed by atoms with Crippen LogP contribution in [0.15, 0.2) is 47.4 Å². The van der Waals surface area contributed by atoms with Gasteiger partial charge in [0.25, 0.3) is 5.56 Å². The first-order chi connectivity index (χ1) is 13.4. The number of amides is 1. The van der Waals surface area contributed by atoms with E-state index < -0.39 is 47.0 Å². The fourth-order valence-corrected chi connectivity index (χ4v) is 2.46. The molecule has 1 N–H and O–H groups in total. The third-order valence-corrected chi connectivity index (χ3v) is 4.25. The van der Waals surface area contributed by atoms with Gasteiger partial charge in [0.15, 0.2) is 11.6 Å². The summed E-state index contributed by atoms with van der Waals surface area (Å²) < 4.78 is 58.4. The lowest BCUT2D eigenvalue weighted by Gasteiger charge is -2.31. The predicted octanol–water partition coefficient (Wildman–Crippen LogP) is 3.62. The highest BCUT2D eigenvalue weighted by Gasteiger charge is 2.31. The molecule has 29 heavy (non-hydrogen) atoms. The number of halogens is 4. The average Bonchev–Trinajstić information content (AvgIpc) is 2.59. The Morgan fingerprint density at radius 3 is 2.38 bits per heavy atom. The van der Waals surface area contributed by atoms with Crippen LogP contribution >= 0.6 is 0 Å². The highest BCUT2D eigenvalue weighted by Crippen LogP contribution is 2.28. The topological polar surface area (TPSA) is 60.3 Å². The van der Waals surface area contributed by atoms with E-state index in [-0.39, 0.29) is 12.4 Å². The Labute approximate surface area is 165 Å². The zero-order chi connectivity index (χ0) is 21.8. The maximum Gasteiger partial charge on any atom is 0.417 e. The van der Waals surface area contributed by atoms with Crippen molar-refractivity contribution in [2.24, 2.45) is 5.41 Å². The number of alkyl halides is 3. The van der Waals surface area contributed by atoms with Crippen LogP contribution in [0.5, 0.6) is 5.75 Å². The molecule has 1 atom stereocenters. The molecule has 0 aliphatic heterocycles. The second kappa shape index (κ2) is 8.67. The quantitative estimate of drug-likeness (QED) is 0.735. The molecule has 1 unspecified atom stereocenters. The molecule has 2 rings (SSSR count). The van der Waals surface area contributed by atoms with Crippen molar-refractivity contribution in [1.82, 2.24) is 9.88 Å². The number of rotatable bonds is 6. The van der Waals surface area contributed by atoms with Crippen LogP contribution in [0.4, 0.5) is 17.6 Å². The first-order valence-electron chi connectivity index (χ1n) is 8.82. The van der Waals surface area contributed by atoms with E-state index in [4.69, 9.17) is 4.74 Å². The smallest absolute Gasteiger partial charge is 0.417 e. The highest BCUT2D eigenvalue weighted by atomic mass is 19.4. The number of hydrogen-bond acceptors (Lipinski definition) is 3. The number of pyridine rings is 1. The molecule has 0 aliphatic carbocycles. The number of hydrogen-bond donors (Lipinski definition) is 1. The van der Waals surface area contributed by atoms with Crippen LogP contribution in [-0.2, 0) is 17.5 Å². The summed E-state index contributed by atoms with van der Waals surface area (Å²) >= 11 is 0. The Bertz CT molecular complexity index is 917. The molecule has 0 spiro atoms. The van der Waals surface area contributed by atoms with E-state index in [0.717, 1.165) is 6.07 Å². The molecule has 0 radical (unpaired) electrons. The van der Waals surface area contributed by atoms with E-state index in [0.29, 0.717) is 16.8 Å². The standard InChI is InChI=1S/C20H22F4N2O3/c1-19(2,3)16(12-29-15-7-5-4-6-14(15)21)25-17(27)11-26-10-13(20(22,23)24)8-9-18(26)28/h4-10,16H,11-12H2,1-3H3,(H,25,27). The normalized spacial score (nSPS) is 13.1. The molecular weight excluding hydrogens is 392 g/mol. The van der Waals surface area contributed by atoms with Gasteiger partial charge in [-0.3, -0.25) is 9.59 Å². The molecule has 1 amide bonds. The molecule has 0 aliphatic rings. The number of para-hydroxylation sites is 1. The fourth-order valence-electron chi connectivity index (χ4n) is 2.46. The third kappa shape index (κ3) is 6.33. The number of carbonyl (C=O) groups is 1. The highest BCUT2D eigenvalue weighted by molar-refractivity contribution is 5.76. The van der Waals surface area contributed by atoms with Crippen LogP contribution in [0.25, 0.3) is 0 Å². The Kier molecular flexibility index (Phi) is 6.71. The molecule has 9 heteroatoms. The van der Waals surface area contributed by atoms with Gasteiger partial charge in [0, 0.05) is 12.3 Å². The summed E-state index contributed by atoms with van der Waals surface area (Å²) in [5.74, 6) is -1.20. The number of nitrogens with zero attached hydrogens (tertiary/aromatic N) is 1. The van der Waals surface area contributed by atoms with Crippen molar-refractivity contribution >= 4 is 5.91 Å². The van der Waals surface area contributed by atoms with E-state index >= 15 is 0 Å². The largest absolute Gasteiger partial charge is 0.488 e. The molecule has 1 aromatic carbocycles. The van der Waals surface area contributed by atoms with Crippen molar-refractivity contribution < 1.29 is 27.1 Å². The molecular formula is C20H22F4N2O3. The SMILES string of the molecule is CC(C)(C)C(COc1ccccc1F)NC(=O)Cn1cc(C(F)(F)F)ccc1=O. The van der Waals surface area contributed by atoms with Crippen molar-refractivity contribution in [3.05, 3.63) is 64.3 Å². The maximum absolute atomic E-state index is 13.7. The minimum atomic E-state index is -4.63.